The molecule has 26 heavy (non-hydrogen) atoms. The molecule has 2 fully saturated rings. The number of rotatable bonds is 4. The molecule has 0 N–H and O–H groups in total. The number of carbonyl (C=O) groups is 1. The molecule has 0 spiro atoms. The average Bonchev–Trinajstić information content (AvgIpc) is 3.15. The Hall–Kier alpha value is -2.17. The third kappa shape index (κ3) is 3.53. The van der Waals surface area contributed by atoms with Crippen LogP contribution in [0.1, 0.15) is 50.8 Å². The van der Waals surface area contributed by atoms with Crippen LogP contribution in [-0.4, -0.2) is 28.4 Å². The van der Waals surface area contributed by atoms with Gasteiger partial charge in [-0.1, -0.05) is 25.0 Å². The Labute approximate surface area is 153 Å². The average molecular weight is 356 g/mol. The molecule has 2 heterocycles. The van der Waals surface area contributed by atoms with E-state index in [2.05, 4.69) is 9.88 Å². The number of oxazole rings is 1. The first-order valence-electron chi connectivity index (χ1n) is 9.71. The second-order valence-electron chi connectivity index (χ2n) is 7.44. The Kier molecular flexibility index (Phi) is 5.05. The molecule has 1 aliphatic carbocycles. The van der Waals surface area contributed by atoms with Crippen molar-refractivity contribution < 1.29 is 13.6 Å². The molecule has 2 aromatic rings. The monoisotopic (exact) mass is 356 g/mol. The molecule has 2 unspecified atom stereocenters. The van der Waals surface area contributed by atoms with Gasteiger partial charge in [-0.3, -0.25) is 4.79 Å². The lowest BCUT2D eigenvalue weighted by atomic mass is 9.78. The van der Waals surface area contributed by atoms with Crippen molar-refractivity contribution >= 4 is 5.91 Å². The summed E-state index contributed by atoms with van der Waals surface area (Å²) in [4.78, 5) is 19.1. The van der Waals surface area contributed by atoms with Crippen molar-refractivity contribution in [1.82, 2.24) is 9.88 Å². The lowest BCUT2D eigenvalue weighted by Crippen LogP contribution is -2.49. The lowest BCUT2D eigenvalue weighted by molar-refractivity contribution is -0.137. The number of aromatic nitrogens is 1. The number of carbonyl (C=O) groups excluding carboxylic acids is 1. The fraction of sp³-hybridized carbons (Fsp3) is 0.524. The Morgan fingerprint density at radius 2 is 2.00 bits per heavy atom. The molecule has 138 valence electrons. The van der Waals surface area contributed by atoms with Crippen LogP contribution in [0.5, 0.6) is 0 Å². The number of likely N-dealkylation sites (tertiary alicyclic amines) is 1. The zero-order valence-corrected chi connectivity index (χ0v) is 15.0. The van der Waals surface area contributed by atoms with Crippen LogP contribution in [-0.2, 0) is 11.2 Å². The number of benzene rings is 1. The summed E-state index contributed by atoms with van der Waals surface area (Å²) in [5.74, 6) is 1.47. The molecule has 1 saturated heterocycles. The summed E-state index contributed by atoms with van der Waals surface area (Å²) in [6.45, 7) is 0.881. The highest BCUT2D eigenvalue weighted by atomic mass is 19.1. The first-order valence-corrected chi connectivity index (χ1v) is 9.71. The number of amides is 1. The fourth-order valence-electron chi connectivity index (χ4n) is 4.50. The molecule has 1 aromatic heterocycles. The number of aryl methyl sites for hydroxylation is 1. The van der Waals surface area contributed by atoms with Gasteiger partial charge in [-0.2, -0.15) is 0 Å². The Morgan fingerprint density at radius 3 is 2.88 bits per heavy atom. The fourth-order valence-corrected chi connectivity index (χ4v) is 4.50. The highest BCUT2D eigenvalue weighted by Gasteiger charge is 2.35. The lowest BCUT2D eigenvalue weighted by Gasteiger charge is -2.44. The van der Waals surface area contributed by atoms with Gasteiger partial charge in [0.2, 0.25) is 5.91 Å². The van der Waals surface area contributed by atoms with Crippen LogP contribution >= 0.6 is 0 Å². The van der Waals surface area contributed by atoms with E-state index in [1.807, 2.05) is 0 Å². The van der Waals surface area contributed by atoms with Crippen molar-refractivity contribution in [3.8, 4) is 11.3 Å². The number of nitrogens with zero attached hydrogens (tertiary/aromatic N) is 2. The predicted molar refractivity (Wildman–Crippen MR) is 96.9 cm³/mol. The van der Waals surface area contributed by atoms with Gasteiger partial charge in [0.25, 0.3) is 0 Å². The quantitative estimate of drug-likeness (QED) is 0.805. The van der Waals surface area contributed by atoms with E-state index in [1.165, 1.54) is 37.9 Å². The first kappa shape index (κ1) is 17.3. The van der Waals surface area contributed by atoms with Gasteiger partial charge in [0, 0.05) is 25.4 Å². The van der Waals surface area contributed by atoms with Crippen LogP contribution < -0.4 is 0 Å². The number of piperidine rings is 1. The van der Waals surface area contributed by atoms with Crippen LogP contribution in [0.2, 0.25) is 0 Å². The molecule has 4 rings (SSSR count). The molecule has 4 nitrogen and oxygen atoms in total. The van der Waals surface area contributed by atoms with E-state index >= 15 is 0 Å². The molecular formula is C21H25FN2O2. The van der Waals surface area contributed by atoms with Gasteiger partial charge >= 0.3 is 0 Å². The van der Waals surface area contributed by atoms with Crippen LogP contribution in [0.15, 0.2) is 34.9 Å². The van der Waals surface area contributed by atoms with Crippen LogP contribution in [0.25, 0.3) is 11.3 Å². The molecular weight excluding hydrogens is 331 g/mol. The van der Waals surface area contributed by atoms with E-state index in [4.69, 9.17) is 4.42 Å². The van der Waals surface area contributed by atoms with E-state index in [0.717, 1.165) is 19.4 Å². The van der Waals surface area contributed by atoms with Crippen molar-refractivity contribution in [2.24, 2.45) is 5.92 Å². The van der Waals surface area contributed by atoms with Gasteiger partial charge in [0.15, 0.2) is 11.7 Å². The molecule has 0 radical (unpaired) electrons. The molecule has 1 aromatic carbocycles. The van der Waals surface area contributed by atoms with Crippen molar-refractivity contribution in [3.63, 3.8) is 0 Å². The Bertz CT molecular complexity index is 771. The predicted octanol–water partition coefficient (Wildman–Crippen LogP) is 4.59. The third-order valence-electron chi connectivity index (χ3n) is 5.81. The van der Waals surface area contributed by atoms with Crippen molar-refractivity contribution in [2.45, 2.75) is 57.4 Å². The summed E-state index contributed by atoms with van der Waals surface area (Å²) in [7, 11) is 0. The van der Waals surface area contributed by atoms with Gasteiger partial charge in [-0.15, -0.1) is 0 Å². The number of fused-ring (bicyclic) bond motifs is 1. The molecule has 0 bridgehead atoms. The minimum atomic E-state index is -0.331. The molecule has 5 heteroatoms. The summed E-state index contributed by atoms with van der Waals surface area (Å²) >= 11 is 0. The van der Waals surface area contributed by atoms with Crippen LogP contribution in [0.3, 0.4) is 0 Å². The maximum atomic E-state index is 13.9. The second-order valence-corrected chi connectivity index (χ2v) is 7.44. The first-order chi connectivity index (χ1) is 12.7. The highest BCUT2D eigenvalue weighted by molar-refractivity contribution is 5.77. The van der Waals surface area contributed by atoms with Gasteiger partial charge < -0.3 is 9.32 Å². The summed E-state index contributed by atoms with van der Waals surface area (Å²) in [5, 5.41) is 0. The zero-order chi connectivity index (χ0) is 17.9. The van der Waals surface area contributed by atoms with E-state index in [0.29, 0.717) is 42.0 Å². The van der Waals surface area contributed by atoms with Crippen molar-refractivity contribution in [1.29, 1.82) is 0 Å². The van der Waals surface area contributed by atoms with Crippen LogP contribution in [0, 0.1) is 11.7 Å². The van der Waals surface area contributed by atoms with Gasteiger partial charge in [0.1, 0.15) is 5.82 Å². The Morgan fingerprint density at radius 1 is 1.19 bits per heavy atom. The van der Waals surface area contributed by atoms with Crippen LogP contribution in [0.4, 0.5) is 4.39 Å². The maximum absolute atomic E-state index is 13.9. The minimum Gasteiger partial charge on any atom is -0.441 e. The molecule has 1 amide bonds. The highest BCUT2D eigenvalue weighted by Crippen LogP contribution is 2.35. The summed E-state index contributed by atoms with van der Waals surface area (Å²) < 4.78 is 19.5. The summed E-state index contributed by atoms with van der Waals surface area (Å²) in [6.07, 6.45) is 9.73. The second kappa shape index (κ2) is 7.60. The summed E-state index contributed by atoms with van der Waals surface area (Å²) in [6, 6.07) is 6.91. The normalized spacial score (nSPS) is 22.9. The van der Waals surface area contributed by atoms with E-state index in [1.54, 1.807) is 18.2 Å². The summed E-state index contributed by atoms with van der Waals surface area (Å²) in [5.41, 5.74) is 0.402. The van der Waals surface area contributed by atoms with Gasteiger partial charge in [-0.25, -0.2) is 9.37 Å². The van der Waals surface area contributed by atoms with E-state index in [9.17, 15) is 9.18 Å². The number of halogens is 1. The molecule has 1 saturated carbocycles. The molecule has 1 aliphatic heterocycles. The van der Waals surface area contributed by atoms with Gasteiger partial charge in [0.05, 0.1) is 11.8 Å². The number of hydrogen-bond donors (Lipinski definition) is 0. The van der Waals surface area contributed by atoms with E-state index in [-0.39, 0.29) is 11.7 Å². The van der Waals surface area contributed by atoms with Crippen molar-refractivity contribution in [3.05, 3.63) is 42.2 Å². The minimum absolute atomic E-state index is 0.201. The molecule has 2 aliphatic rings. The van der Waals surface area contributed by atoms with Gasteiger partial charge in [-0.05, 0) is 43.7 Å². The topological polar surface area (TPSA) is 46.3 Å². The zero-order valence-electron chi connectivity index (χ0n) is 15.0. The smallest absolute Gasteiger partial charge is 0.223 e. The number of hydrogen-bond acceptors (Lipinski definition) is 3. The Balaban J connectivity index is 1.38. The standard InChI is InChI=1S/C21H25FN2O2/c22-17-9-3-2-8-16(17)19-14-23-20(26-19)11-12-21(25)24-13-5-7-15-6-1-4-10-18(15)24/h2-3,8-9,14-15,18H,1,4-7,10-13H2. The van der Waals surface area contributed by atoms with E-state index < -0.39 is 0 Å². The molecule has 2 atom stereocenters. The SMILES string of the molecule is O=C(CCc1ncc(-c2ccccc2F)o1)N1CCCC2CCCCC21. The maximum Gasteiger partial charge on any atom is 0.223 e. The largest absolute Gasteiger partial charge is 0.441 e. The van der Waals surface area contributed by atoms with Crippen molar-refractivity contribution in [2.75, 3.05) is 6.54 Å². The third-order valence-corrected chi connectivity index (χ3v) is 5.81.